The molecule has 5 rings (SSSR count). The number of halogens is 1. The average Bonchev–Trinajstić information content (AvgIpc) is 3.35. The monoisotopic (exact) mass is 460 g/mol. The summed E-state index contributed by atoms with van der Waals surface area (Å²) in [6.07, 6.45) is 5.51. The van der Waals surface area contributed by atoms with E-state index in [1.807, 2.05) is 35.3 Å². The summed E-state index contributed by atoms with van der Waals surface area (Å²) in [5, 5.41) is 10.9. The lowest BCUT2D eigenvalue weighted by Gasteiger charge is -2.22. The smallest absolute Gasteiger partial charge is 0.154 e. The fourth-order valence-electron chi connectivity index (χ4n) is 3.97. The molecule has 0 unspecified atom stereocenters. The number of nitrogens with zero attached hydrogens (tertiary/aromatic N) is 3. The minimum atomic E-state index is -1.01. The van der Waals surface area contributed by atoms with Crippen LogP contribution in [0.15, 0.2) is 65.7 Å². The van der Waals surface area contributed by atoms with Crippen LogP contribution >= 0.6 is 15.9 Å². The molecule has 3 heterocycles. The molecule has 150 valence electrons. The normalized spacial score (nSPS) is 12.2. The van der Waals surface area contributed by atoms with E-state index in [2.05, 4.69) is 63.2 Å². The van der Waals surface area contributed by atoms with Crippen molar-refractivity contribution in [2.45, 2.75) is 26.4 Å². The van der Waals surface area contributed by atoms with E-state index in [4.69, 9.17) is 4.98 Å². The quantitative estimate of drug-likeness (QED) is 0.355. The number of aromatic nitrogens is 4. The third kappa shape index (κ3) is 2.95. The van der Waals surface area contributed by atoms with Gasteiger partial charge in [0.05, 0.1) is 28.5 Å². The first-order valence-corrected chi connectivity index (χ1v) is 10.6. The number of H-pyrrole nitrogens is 1. The molecule has 5 aromatic rings. The van der Waals surface area contributed by atoms with Gasteiger partial charge < -0.3 is 10.1 Å². The number of aryl methyl sites for hydroxylation is 1. The van der Waals surface area contributed by atoms with Gasteiger partial charge in [-0.3, -0.25) is 4.40 Å². The van der Waals surface area contributed by atoms with Crippen molar-refractivity contribution in [3.8, 4) is 22.4 Å². The molecule has 0 radical (unpaired) electrons. The van der Waals surface area contributed by atoms with Gasteiger partial charge in [-0.2, -0.15) is 0 Å². The number of hydrogen-bond donors (Lipinski definition) is 2. The first kappa shape index (κ1) is 19.0. The second-order valence-corrected chi connectivity index (χ2v) is 8.87. The summed E-state index contributed by atoms with van der Waals surface area (Å²) in [7, 11) is 0. The second kappa shape index (κ2) is 6.79. The van der Waals surface area contributed by atoms with Gasteiger partial charge in [-0.25, -0.2) is 9.97 Å². The molecule has 2 N–H and O–H groups in total. The van der Waals surface area contributed by atoms with Crippen LogP contribution < -0.4 is 0 Å². The molecule has 0 fully saturated rings. The summed E-state index contributed by atoms with van der Waals surface area (Å²) < 4.78 is 3.09. The zero-order valence-corrected chi connectivity index (χ0v) is 18.5. The van der Waals surface area contributed by atoms with Gasteiger partial charge >= 0.3 is 0 Å². The molecule has 0 aliphatic carbocycles. The molecule has 0 atom stereocenters. The lowest BCUT2D eigenvalue weighted by Crippen LogP contribution is -2.17. The number of hydrogen-bond acceptors (Lipinski definition) is 3. The highest BCUT2D eigenvalue weighted by atomic mass is 79.9. The van der Waals surface area contributed by atoms with E-state index in [0.29, 0.717) is 0 Å². The third-order valence-electron chi connectivity index (χ3n) is 5.52. The van der Waals surface area contributed by atoms with Gasteiger partial charge in [0.2, 0.25) is 0 Å². The molecule has 0 aliphatic rings. The summed E-state index contributed by atoms with van der Waals surface area (Å²) in [5.41, 5.74) is 7.52. The lowest BCUT2D eigenvalue weighted by atomic mass is 9.88. The van der Waals surface area contributed by atoms with Crippen molar-refractivity contribution in [3.63, 3.8) is 0 Å². The molecule has 0 spiro atoms. The first-order chi connectivity index (χ1) is 14.3. The van der Waals surface area contributed by atoms with Crippen LogP contribution in [0.1, 0.15) is 25.0 Å². The number of imidazole rings is 1. The Labute approximate surface area is 182 Å². The maximum Gasteiger partial charge on any atom is 0.154 e. The Morgan fingerprint density at radius 1 is 1.03 bits per heavy atom. The van der Waals surface area contributed by atoms with Crippen LogP contribution in [0.4, 0.5) is 0 Å². The topological polar surface area (TPSA) is 66.2 Å². The number of aromatic amines is 1. The Morgan fingerprint density at radius 2 is 1.87 bits per heavy atom. The van der Waals surface area contributed by atoms with Crippen molar-refractivity contribution in [1.82, 2.24) is 19.4 Å². The second-order valence-electron chi connectivity index (χ2n) is 8.07. The van der Waals surface area contributed by atoms with Crippen molar-refractivity contribution in [2.75, 3.05) is 0 Å². The fourth-order valence-corrected chi connectivity index (χ4v) is 4.46. The van der Waals surface area contributed by atoms with E-state index in [9.17, 15) is 5.11 Å². The maximum atomic E-state index is 10.9. The van der Waals surface area contributed by atoms with E-state index in [1.54, 1.807) is 13.8 Å². The number of aliphatic hydroxyl groups is 1. The molecule has 6 heteroatoms. The number of fused-ring (bicyclic) bond motifs is 3. The Bertz CT molecular complexity index is 1410. The highest BCUT2D eigenvalue weighted by molar-refractivity contribution is 9.10. The van der Waals surface area contributed by atoms with Crippen LogP contribution in [0.2, 0.25) is 0 Å². The minimum Gasteiger partial charge on any atom is -0.386 e. The summed E-state index contributed by atoms with van der Waals surface area (Å²) in [4.78, 5) is 12.4. The Balaban J connectivity index is 1.79. The van der Waals surface area contributed by atoms with E-state index in [-0.39, 0.29) is 0 Å². The van der Waals surface area contributed by atoms with Gasteiger partial charge in [-0.15, -0.1) is 0 Å². The Kier molecular flexibility index (Phi) is 4.31. The van der Waals surface area contributed by atoms with Gasteiger partial charge in [0, 0.05) is 16.2 Å². The predicted octanol–water partition coefficient (Wildman–Crippen LogP) is 5.84. The van der Waals surface area contributed by atoms with Gasteiger partial charge in [0.25, 0.3) is 0 Å². The molecule has 0 saturated carbocycles. The Hall–Kier alpha value is -2.96. The molecule has 2 aromatic carbocycles. The highest BCUT2D eigenvalue weighted by Gasteiger charge is 2.24. The van der Waals surface area contributed by atoms with Gasteiger partial charge in [-0.1, -0.05) is 30.3 Å². The molecule has 0 bridgehead atoms. The SMILES string of the molecule is Cc1cccc(-c2ccc(C(C)(C)O)c(-c3ncn4c3cnc3[nH]ccc34)c2)c1Br. The van der Waals surface area contributed by atoms with Crippen LogP contribution in [0.3, 0.4) is 0 Å². The zero-order valence-electron chi connectivity index (χ0n) is 16.9. The minimum absolute atomic E-state index is 0.799. The molecule has 5 nitrogen and oxygen atoms in total. The van der Waals surface area contributed by atoms with E-state index in [0.717, 1.165) is 49.1 Å². The van der Waals surface area contributed by atoms with Crippen LogP contribution in [0.5, 0.6) is 0 Å². The molecule has 0 aliphatic heterocycles. The maximum absolute atomic E-state index is 10.9. The zero-order chi connectivity index (χ0) is 21.0. The van der Waals surface area contributed by atoms with E-state index >= 15 is 0 Å². The van der Waals surface area contributed by atoms with E-state index in [1.165, 1.54) is 5.56 Å². The standard InChI is InChI=1S/C24H21BrN4O/c1-14-5-4-6-16(21(14)25)15-7-8-18(24(2,3)30)17(11-15)22-20-12-27-23-19(9-10-26-23)29(20)13-28-22/h4-13,26,30H,1-3H3. The van der Waals surface area contributed by atoms with Crippen LogP contribution in [-0.2, 0) is 5.60 Å². The largest absolute Gasteiger partial charge is 0.386 e. The number of nitrogens with one attached hydrogen (secondary N) is 1. The number of rotatable bonds is 3. The van der Waals surface area contributed by atoms with Crippen molar-refractivity contribution < 1.29 is 5.11 Å². The van der Waals surface area contributed by atoms with Crippen molar-refractivity contribution in [3.05, 3.63) is 76.8 Å². The Morgan fingerprint density at radius 3 is 2.67 bits per heavy atom. The van der Waals surface area contributed by atoms with Crippen molar-refractivity contribution in [1.29, 1.82) is 0 Å². The molecule has 30 heavy (non-hydrogen) atoms. The summed E-state index contributed by atoms with van der Waals surface area (Å²) in [6.45, 7) is 5.68. The van der Waals surface area contributed by atoms with Crippen molar-refractivity contribution >= 4 is 32.6 Å². The fraction of sp³-hybridized carbons (Fsp3) is 0.167. The molecule has 3 aromatic heterocycles. The highest BCUT2D eigenvalue weighted by Crippen LogP contribution is 2.38. The predicted molar refractivity (Wildman–Crippen MR) is 123 cm³/mol. The van der Waals surface area contributed by atoms with Gasteiger partial charge in [0.1, 0.15) is 6.33 Å². The first-order valence-electron chi connectivity index (χ1n) is 9.76. The summed E-state index contributed by atoms with van der Waals surface area (Å²) in [5.74, 6) is 0. The van der Waals surface area contributed by atoms with Crippen LogP contribution in [0.25, 0.3) is 39.1 Å². The molecular weight excluding hydrogens is 440 g/mol. The molecule has 0 saturated heterocycles. The van der Waals surface area contributed by atoms with Crippen LogP contribution in [-0.4, -0.2) is 24.5 Å². The molecule has 0 amide bonds. The summed E-state index contributed by atoms with van der Waals surface area (Å²) >= 11 is 3.73. The van der Waals surface area contributed by atoms with Crippen LogP contribution in [0, 0.1) is 6.92 Å². The third-order valence-corrected chi connectivity index (χ3v) is 6.57. The van der Waals surface area contributed by atoms with Crippen molar-refractivity contribution in [2.24, 2.45) is 0 Å². The summed E-state index contributed by atoms with van der Waals surface area (Å²) in [6, 6.07) is 14.4. The van der Waals surface area contributed by atoms with Gasteiger partial charge in [-0.05, 0) is 71.1 Å². The van der Waals surface area contributed by atoms with E-state index < -0.39 is 5.60 Å². The lowest BCUT2D eigenvalue weighted by molar-refractivity contribution is 0.0792. The number of benzene rings is 2. The molecular formula is C24H21BrN4O. The average molecular weight is 461 g/mol. The van der Waals surface area contributed by atoms with Gasteiger partial charge in [0.15, 0.2) is 5.65 Å².